The number of hydrogen-bond acceptors (Lipinski definition) is 6. The SMILES string of the molecule is COc1ccc(C(=O)O)cc1-n1c(NS(=O)Cc2ccc(Cl)cc2)nnc1-c1cccs1. The number of methoxy groups -OCH3 is 1. The molecule has 1 atom stereocenters. The van der Waals surface area contributed by atoms with Gasteiger partial charge in [-0.15, -0.1) is 21.5 Å². The molecule has 0 bridgehead atoms. The van der Waals surface area contributed by atoms with Gasteiger partial charge in [-0.1, -0.05) is 29.8 Å². The third-order valence-corrected chi connectivity index (χ3v) is 6.61. The molecule has 4 rings (SSSR count). The Morgan fingerprint density at radius 2 is 2.00 bits per heavy atom. The molecule has 2 aromatic carbocycles. The number of nitrogens with one attached hydrogen (secondary N) is 1. The monoisotopic (exact) mass is 488 g/mol. The van der Waals surface area contributed by atoms with E-state index in [1.54, 1.807) is 34.9 Å². The minimum Gasteiger partial charge on any atom is -0.495 e. The van der Waals surface area contributed by atoms with Gasteiger partial charge in [0, 0.05) is 5.02 Å². The molecule has 32 heavy (non-hydrogen) atoms. The van der Waals surface area contributed by atoms with Crippen LogP contribution in [0.3, 0.4) is 0 Å². The van der Waals surface area contributed by atoms with Crippen molar-refractivity contribution in [1.29, 1.82) is 0 Å². The molecule has 164 valence electrons. The topological polar surface area (TPSA) is 106 Å². The van der Waals surface area contributed by atoms with Crippen LogP contribution in [0.15, 0.2) is 60.0 Å². The summed E-state index contributed by atoms with van der Waals surface area (Å²) in [5, 5.41) is 20.4. The van der Waals surface area contributed by atoms with Crippen LogP contribution < -0.4 is 9.46 Å². The maximum absolute atomic E-state index is 12.8. The van der Waals surface area contributed by atoms with Gasteiger partial charge in [0.05, 0.1) is 29.0 Å². The summed E-state index contributed by atoms with van der Waals surface area (Å²) in [7, 11) is -0.0526. The van der Waals surface area contributed by atoms with Crippen LogP contribution in [0.1, 0.15) is 15.9 Å². The Kier molecular flexibility index (Phi) is 6.54. The average molecular weight is 489 g/mol. The average Bonchev–Trinajstić information content (AvgIpc) is 3.44. The summed E-state index contributed by atoms with van der Waals surface area (Å²) in [6.45, 7) is 0. The fraction of sp³-hybridized carbons (Fsp3) is 0.0952. The highest BCUT2D eigenvalue weighted by Gasteiger charge is 2.22. The van der Waals surface area contributed by atoms with Crippen molar-refractivity contribution in [3.05, 3.63) is 76.1 Å². The molecule has 0 radical (unpaired) electrons. The Labute approximate surface area is 195 Å². The molecule has 0 aliphatic rings. The van der Waals surface area contributed by atoms with Crippen molar-refractivity contribution in [3.8, 4) is 22.1 Å². The number of benzene rings is 2. The first-order chi connectivity index (χ1) is 15.5. The molecular weight excluding hydrogens is 472 g/mol. The van der Waals surface area contributed by atoms with Gasteiger partial charge >= 0.3 is 5.97 Å². The highest BCUT2D eigenvalue weighted by atomic mass is 35.5. The number of carbonyl (C=O) groups is 1. The lowest BCUT2D eigenvalue weighted by molar-refractivity contribution is 0.0697. The normalized spacial score (nSPS) is 11.8. The van der Waals surface area contributed by atoms with Crippen molar-refractivity contribution < 1.29 is 18.8 Å². The van der Waals surface area contributed by atoms with Crippen molar-refractivity contribution >= 4 is 45.8 Å². The van der Waals surface area contributed by atoms with E-state index in [2.05, 4.69) is 14.9 Å². The Hall–Kier alpha value is -3.21. The van der Waals surface area contributed by atoms with Crippen LogP contribution in [0, 0.1) is 0 Å². The van der Waals surface area contributed by atoms with Gasteiger partial charge in [-0.2, -0.15) is 0 Å². The van der Waals surface area contributed by atoms with Gasteiger partial charge in [0.1, 0.15) is 16.7 Å². The molecule has 0 fully saturated rings. The Bertz CT molecular complexity index is 1270. The second-order valence-electron chi connectivity index (χ2n) is 6.57. The number of aromatic nitrogens is 3. The highest BCUT2D eigenvalue weighted by molar-refractivity contribution is 7.85. The number of halogens is 1. The van der Waals surface area contributed by atoms with Crippen LogP contribution >= 0.6 is 22.9 Å². The minimum atomic E-state index is -1.54. The number of anilines is 1. The molecule has 0 spiro atoms. The number of carboxylic acids is 1. The zero-order valence-corrected chi connectivity index (χ0v) is 19.1. The number of hydrogen-bond donors (Lipinski definition) is 2. The zero-order valence-electron chi connectivity index (χ0n) is 16.7. The van der Waals surface area contributed by atoms with E-state index in [4.69, 9.17) is 16.3 Å². The molecule has 2 aromatic heterocycles. The summed E-state index contributed by atoms with van der Waals surface area (Å²) < 4.78 is 22.8. The fourth-order valence-electron chi connectivity index (χ4n) is 3.01. The zero-order chi connectivity index (χ0) is 22.7. The maximum Gasteiger partial charge on any atom is 0.335 e. The predicted molar refractivity (Wildman–Crippen MR) is 125 cm³/mol. The summed E-state index contributed by atoms with van der Waals surface area (Å²) in [4.78, 5) is 12.4. The molecule has 8 nitrogen and oxygen atoms in total. The summed E-state index contributed by atoms with van der Waals surface area (Å²) >= 11 is 7.36. The molecule has 11 heteroatoms. The third-order valence-electron chi connectivity index (χ3n) is 4.49. The smallest absolute Gasteiger partial charge is 0.335 e. The molecule has 0 aliphatic carbocycles. The molecule has 2 N–H and O–H groups in total. The first-order valence-electron chi connectivity index (χ1n) is 9.26. The van der Waals surface area contributed by atoms with E-state index >= 15 is 0 Å². The second-order valence-corrected chi connectivity index (χ2v) is 9.14. The van der Waals surface area contributed by atoms with Gasteiger partial charge in [-0.3, -0.25) is 9.29 Å². The maximum atomic E-state index is 12.8. The van der Waals surface area contributed by atoms with Crippen LogP contribution in [0.2, 0.25) is 5.02 Å². The van der Waals surface area contributed by atoms with E-state index in [9.17, 15) is 14.1 Å². The molecule has 0 aliphatic heterocycles. The quantitative estimate of drug-likeness (QED) is 0.374. The number of rotatable bonds is 8. The van der Waals surface area contributed by atoms with E-state index in [0.717, 1.165) is 10.4 Å². The summed E-state index contributed by atoms with van der Waals surface area (Å²) in [6.07, 6.45) is 0. The van der Waals surface area contributed by atoms with Crippen LogP contribution in [0.5, 0.6) is 5.75 Å². The highest BCUT2D eigenvalue weighted by Crippen LogP contribution is 2.33. The van der Waals surface area contributed by atoms with Gasteiger partial charge in [-0.05, 0) is 47.3 Å². The van der Waals surface area contributed by atoms with E-state index in [-0.39, 0.29) is 17.3 Å². The number of aromatic carboxylic acids is 1. The number of nitrogens with zero attached hydrogens (tertiary/aromatic N) is 3. The predicted octanol–water partition coefficient (Wildman–Crippen LogP) is 4.63. The minimum absolute atomic E-state index is 0.0693. The van der Waals surface area contributed by atoms with Crippen LogP contribution in [0.25, 0.3) is 16.4 Å². The molecule has 4 aromatic rings. The van der Waals surface area contributed by atoms with E-state index < -0.39 is 17.0 Å². The fourth-order valence-corrected chi connectivity index (χ4v) is 4.74. The van der Waals surface area contributed by atoms with Gasteiger partial charge in [0.2, 0.25) is 5.95 Å². The first kappa shape index (κ1) is 22.0. The van der Waals surface area contributed by atoms with Gasteiger partial charge in [0.15, 0.2) is 5.82 Å². The van der Waals surface area contributed by atoms with Crippen molar-refractivity contribution in [1.82, 2.24) is 14.8 Å². The van der Waals surface area contributed by atoms with E-state index in [1.807, 2.05) is 17.5 Å². The standard InChI is InChI=1S/C21H17ClN4O4S2/c1-30-17-9-6-14(20(27)28)11-16(17)26-19(18-3-2-10-31-18)23-24-21(26)25-32(29)12-13-4-7-15(22)8-5-13/h2-11H,12H2,1H3,(H,24,25)(H,27,28). The van der Waals surface area contributed by atoms with Gasteiger partial charge in [-0.25, -0.2) is 9.00 Å². The van der Waals surface area contributed by atoms with Crippen molar-refractivity contribution in [2.24, 2.45) is 0 Å². The van der Waals surface area contributed by atoms with Gasteiger partial charge in [0.25, 0.3) is 0 Å². The Balaban J connectivity index is 1.76. The number of thiophene rings is 1. The van der Waals surface area contributed by atoms with Crippen molar-refractivity contribution in [2.45, 2.75) is 5.75 Å². The van der Waals surface area contributed by atoms with Crippen molar-refractivity contribution in [3.63, 3.8) is 0 Å². The molecule has 1 unspecified atom stereocenters. The summed E-state index contributed by atoms with van der Waals surface area (Å²) in [5.74, 6) is 0.206. The molecule has 0 saturated heterocycles. The third kappa shape index (κ3) is 4.67. The lowest BCUT2D eigenvalue weighted by atomic mass is 10.2. The number of ether oxygens (including phenoxy) is 1. The molecule has 0 saturated carbocycles. The van der Waals surface area contributed by atoms with E-state index in [0.29, 0.717) is 22.3 Å². The first-order valence-corrected chi connectivity index (χ1v) is 11.8. The van der Waals surface area contributed by atoms with E-state index in [1.165, 1.54) is 30.6 Å². The largest absolute Gasteiger partial charge is 0.495 e. The molecule has 0 amide bonds. The van der Waals surface area contributed by atoms with Crippen molar-refractivity contribution in [2.75, 3.05) is 11.8 Å². The van der Waals surface area contributed by atoms with Gasteiger partial charge < -0.3 is 9.84 Å². The van der Waals surface area contributed by atoms with Crippen LogP contribution in [-0.2, 0) is 16.7 Å². The molecule has 2 heterocycles. The lowest BCUT2D eigenvalue weighted by Gasteiger charge is -2.15. The number of carboxylic acid groups (broad SMARTS) is 1. The Morgan fingerprint density at radius 3 is 2.66 bits per heavy atom. The Morgan fingerprint density at radius 1 is 1.22 bits per heavy atom. The van der Waals surface area contributed by atoms with Crippen LogP contribution in [0.4, 0.5) is 5.95 Å². The summed E-state index contributed by atoms with van der Waals surface area (Å²) in [6, 6.07) is 15.3. The second kappa shape index (κ2) is 9.51. The lowest BCUT2D eigenvalue weighted by Crippen LogP contribution is -2.13. The summed E-state index contributed by atoms with van der Waals surface area (Å²) in [5.41, 5.74) is 1.31. The molecular formula is C21H17ClN4O4S2. The van der Waals surface area contributed by atoms with Crippen LogP contribution in [-0.4, -0.2) is 37.2 Å².